The summed E-state index contributed by atoms with van der Waals surface area (Å²) in [6, 6.07) is 14.5. The van der Waals surface area contributed by atoms with Crippen molar-refractivity contribution in [1.82, 2.24) is 20.3 Å². The number of carboxylic acids is 1. The molecule has 1 aliphatic rings. The number of hydrogen-bond donors (Lipinski definition) is 5. The highest BCUT2D eigenvalue weighted by Gasteiger charge is 2.38. The Bertz CT molecular complexity index is 1500. The number of aliphatic carboxylic acids is 1. The molecule has 0 saturated carbocycles. The van der Waals surface area contributed by atoms with Crippen LogP contribution in [0.25, 0.3) is 11.0 Å². The molecule has 5 rings (SSSR count). The van der Waals surface area contributed by atoms with Crippen molar-refractivity contribution in [3.63, 3.8) is 0 Å². The number of rotatable bonds is 7. The number of ketones is 1. The fourth-order valence-corrected chi connectivity index (χ4v) is 4.28. The number of ether oxygens (including phenoxy) is 1. The highest BCUT2D eigenvalue weighted by Crippen LogP contribution is 2.31. The summed E-state index contributed by atoms with van der Waals surface area (Å²) < 4.78 is 37.5. The maximum absolute atomic E-state index is 13.4. The zero-order chi connectivity index (χ0) is 28.9. The summed E-state index contributed by atoms with van der Waals surface area (Å²) in [7, 11) is 0. The summed E-state index contributed by atoms with van der Waals surface area (Å²) in [4.78, 5) is 34.0. The van der Waals surface area contributed by atoms with Gasteiger partial charge in [-0.05, 0) is 30.7 Å². The van der Waals surface area contributed by atoms with Crippen LogP contribution in [-0.2, 0) is 4.79 Å². The molecule has 0 spiro atoms. The Kier molecular flexibility index (Phi) is 8.87. The van der Waals surface area contributed by atoms with Gasteiger partial charge in [-0.3, -0.25) is 4.79 Å². The molecule has 10 nitrogen and oxygen atoms in total. The van der Waals surface area contributed by atoms with Crippen molar-refractivity contribution < 1.29 is 37.7 Å². The minimum absolute atomic E-state index is 0.0441. The molecule has 4 aromatic rings. The fraction of sp³-hybridized carbons (Fsp3) is 0.231. The zero-order valence-corrected chi connectivity index (χ0v) is 21.3. The summed E-state index contributed by atoms with van der Waals surface area (Å²) in [6.45, 7) is 0.771. The predicted octanol–water partition coefficient (Wildman–Crippen LogP) is 4.40. The number of anilines is 1. The van der Waals surface area contributed by atoms with Gasteiger partial charge in [0.15, 0.2) is 5.78 Å². The standard InChI is InChI=1S/C24H22ClN5O3.C2HF3O2/c25-20-9-17(33-16-4-2-1-3-5-16)6-7-18(20)22(32)19-11-27-23-21(19)24(29-13-28-23)30-14-8-15(12-31)26-10-14;3-2(4,5)1(6)7/h1-7,9,11,13-15,26,31H,8,10,12H2,(H2,27,28,29,30);(H,6,7)/t14-,15+;/m1./s1. The van der Waals surface area contributed by atoms with Crippen molar-refractivity contribution >= 4 is 40.2 Å². The third kappa shape index (κ3) is 6.86. The lowest BCUT2D eigenvalue weighted by Gasteiger charge is -2.14. The summed E-state index contributed by atoms with van der Waals surface area (Å²) >= 11 is 6.48. The van der Waals surface area contributed by atoms with E-state index in [1.165, 1.54) is 6.33 Å². The van der Waals surface area contributed by atoms with E-state index in [4.69, 9.17) is 26.2 Å². The van der Waals surface area contributed by atoms with Gasteiger partial charge in [-0.1, -0.05) is 29.8 Å². The van der Waals surface area contributed by atoms with Crippen LogP contribution in [0.15, 0.2) is 61.1 Å². The van der Waals surface area contributed by atoms with Crippen LogP contribution in [0.2, 0.25) is 5.02 Å². The number of benzene rings is 2. The topological polar surface area (TPSA) is 149 Å². The molecule has 0 unspecified atom stereocenters. The summed E-state index contributed by atoms with van der Waals surface area (Å²) in [5, 5.41) is 24.0. The maximum Gasteiger partial charge on any atom is 0.490 e. The summed E-state index contributed by atoms with van der Waals surface area (Å²) in [6.07, 6.45) is -1.25. The van der Waals surface area contributed by atoms with E-state index in [1.54, 1.807) is 24.4 Å². The van der Waals surface area contributed by atoms with E-state index in [9.17, 15) is 23.1 Å². The van der Waals surface area contributed by atoms with Crippen LogP contribution in [0.4, 0.5) is 19.0 Å². The Balaban J connectivity index is 0.000000470. The molecular formula is C26H23ClF3N5O5. The van der Waals surface area contributed by atoms with Crippen molar-refractivity contribution in [2.75, 3.05) is 18.5 Å². The fourth-order valence-electron chi connectivity index (χ4n) is 4.03. The van der Waals surface area contributed by atoms with E-state index in [0.29, 0.717) is 51.0 Å². The molecule has 2 atom stereocenters. The number of aromatic nitrogens is 3. The van der Waals surface area contributed by atoms with Gasteiger partial charge in [-0.2, -0.15) is 13.2 Å². The molecule has 2 aromatic heterocycles. The predicted molar refractivity (Wildman–Crippen MR) is 140 cm³/mol. The summed E-state index contributed by atoms with van der Waals surface area (Å²) in [5.41, 5.74) is 1.34. The number of H-pyrrole nitrogens is 1. The first kappa shape index (κ1) is 28.8. The highest BCUT2D eigenvalue weighted by molar-refractivity contribution is 6.35. The molecule has 1 fully saturated rings. The van der Waals surface area contributed by atoms with Gasteiger partial charge in [0.25, 0.3) is 0 Å². The SMILES string of the molecule is O=C(O)C(F)(F)F.O=C(c1ccc(Oc2ccccc2)cc1Cl)c1c[nH]c2ncnc(N[C@H]3CN[C@H](CO)C3)c12. The Hall–Kier alpha value is -4.20. The van der Waals surface area contributed by atoms with Gasteiger partial charge >= 0.3 is 12.1 Å². The molecule has 0 amide bonds. The first-order chi connectivity index (χ1) is 19.1. The molecule has 14 heteroatoms. The molecule has 5 N–H and O–H groups in total. The van der Waals surface area contributed by atoms with Crippen LogP contribution in [0.1, 0.15) is 22.3 Å². The van der Waals surface area contributed by atoms with Crippen molar-refractivity contribution in [3.05, 3.63) is 77.2 Å². The van der Waals surface area contributed by atoms with E-state index in [1.807, 2.05) is 30.3 Å². The van der Waals surface area contributed by atoms with Crippen LogP contribution in [0.5, 0.6) is 11.5 Å². The Morgan fingerprint density at radius 3 is 2.45 bits per heavy atom. The van der Waals surface area contributed by atoms with Gasteiger partial charge in [-0.15, -0.1) is 0 Å². The third-order valence-corrected chi connectivity index (χ3v) is 6.22. The molecule has 3 heterocycles. The van der Waals surface area contributed by atoms with Gasteiger partial charge in [0.1, 0.15) is 29.3 Å². The first-order valence-corrected chi connectivity index (χ1v) is 12.2. The van der Waals surface area contributed by atoms with Crippen molar-refractivity contribution in [2.24, 2.45) is 0 Å². The lowest BCUT2D eigenvalue weighted by molar-refractivity contribution is -0.192. The third-order valence-electron chi connectivity index (χ3n) is 5.90. The van der Waals surface area contributed by atoms with Crippen LogP contribution in [0.3, 0.4) is 0 Å². The van der Waals surface area contributed by atoms with E-state index < -0.39 is 12.1 Å². The number of alkyl halides is 3. The van der Waals surface area contributed by atoms with Gasteiger partial charge < -0.3 is 30.6 Å². The quantitative estimate of drug-likeness (QED) is 0.201. The molecule has 0 aliphatic carbocycles. The van der Waals surface area contributed by atoms with Gasteiger partial charge in [0.05, 0.1) is 22.6 Å². The number of carboxylic acid groups (broad SMARTS) is 1. The molecular weight excluding hydrogens is 555 g/mol. The average Bonchev–Trinajstić information content (AvgIpc) is 3.56. The molecule has 210 valence electrons. The van der Waals surface area contributed by atoms with E-state index in [-0.39, 0.29) is 24.5 Å². The van der Waals surface area contributed by atoms with Crippen LogP contribution in [-0.4, -0.2) is 68.3 Å². The largest absolute Gasteiger partial charge is 0.490 e. The smallest absolute Gasteiger partial charge is 0.475 e. The lowest BCUT2D eigenvalue weighted by Crippen LogP contribution is -2.25. The molecule has 40 heavy (non-hydrogen) atoms. The number of fused-ring (bicyclic) bond motifs is 1. The second-order valence-electron chi connectivity index (χ2n) is 8.70. The average molecular weight is 578 g/mol. The lowest BCUT2D eigenvalue weighted by atomic mass is 10.0. The molecule has 2 aromatic carbocycles. The zero-order valence-electron chi connectivity index (χ0n) is 20.6. The second kappa shape index (κ2) is 12.3. The number of para-hydroxylation sites is 1. The number of aliphatic hydroxyl groups is 1. The van der Waals surface area contributed by atoms with Crippen LogP contribution in [0, 0.1) is 0 Å². The second-order valence-corrected chi connectivity index (χ2v) is 9.11. The number of carbonyl (C=O) groups is 2. The number of nitrogens with one attached hydrogen (secondary N) is 3. The van der Waals surface area contributed by atoms with E-state index in [2.05, 4.69) is 25.6 Å². The molecule has 0 bridgehead atoms. The van der Waals surface area contributed by atoms with E-state index in [0.717, 1.165) is 6.42 Å². The first-order valence-electron chi connectivity index (χ1n) is 11.9. The Labute approximate surface area is 230 Å². The number of hydrogen-bond acceptors (Lipinski definition) is 8. The summed E-state index contributed by atoms with van der Waals surface area (Å²) in [5.74, 6) is -1.21. The maximum atomic E-state index is 13.4. The minimum atomic E-state index is -5.08. The highest BCUT2D eigenvalue weighted by atomic mass is 35.5. The van der Waals surface area contributed by atoms with Gasteiger partial charge in [0.2, 0.25) is 0 Å². The van der Waals surface area contributed by atoms with Crippen LogP contribution < -0.4 is 15.4 Å². The number of nitrogens with zero attached hydrogens (tertiary/aromatic N) is 2. The van der Waals surface area contributed by atoms with Crippen LogP contribution >= 0.6 is 11.6 Å². The number of carbonyl (C=O) groups excluding carboxylic acids is 1. The van der Waals surface area contributed by atoms with Crippen molar-refractivity contribution in [1.29, 1.82) is 0 Å². The van der Waals surface area contributed by atoms with Gasteiger partial charge in [0, 0.05) is 36.5 Å². The monoisotopic (exact) mass is 577 g/mol. The number of aliphatic hydroxyl groups excluding tert-OH is 1. The van der Waals surface area contributed by atoms with Gasteiger partial charge in [-0.25, -0.2) is 14.8 Å². The molecule has 1 aliphatic heterocycles. The molecule has 1 saturated heterocycles. The number of aromatic amines is 1. The van der Waals surface area contributed by atoms with Crippen molar-refractivity contribution in [2.45, 2.75) is 24.7 Å². The Morgan fingerprint density at radius 2 is 1.82 bits per heavy atom. The Morgan fingerprint density at radius 1 is 1.10 bits per heavy atom. The molecule has 0 radical (unpaired) electrons. The van der Waals surface area contributed by atoms with E-state index >= 15 is 0 Å². The van der Waals surface area contributed by atoms with Crippen molar-refractivity contribution in [3.8, 4) is 11.5 Å². The minimum Gasteiger partial charge on any atom is -0.475 e. The normalized spacial score (nSPS) is 16.7. The number of halogens is 4.